The van der Waals surface area contributed by atoms with Gasteiger partial charge in [-0.3, -0.25) is 0 Å². The Bertz CT molecular complexity index is 240. The first-order valence-corrected chi connectivity index (χ1v) is 8.63. The average molecular weight is 272 g/mol. The van der Waals surface area contributed by atoms with E-state index in [9.17, 15) is 0 Å². The average Bonchev–Trinajstić information content (AvgIpc) is 2.46. The van der Waals surface area contributed by atoms with Crippen LogP contribution in [0.2, 0.25) is 0 Å². The Morgan fingerprint density at radius 3 is 0.800 bits per heavy atom. The molecule has 0 amide bonds. The maximum absolute atomic E-state index is 2.32. The quantitative estimate of drug-likeness (QED) is 0.449. The zero-order chi connectivity index (χ0) is 14.1. The van der Waals surface area contributed by atoms with E-state index >= 15 is 0 Å². The summed E-state index contributed by atoms with van der Waals surface area (Å²) in [6.07, 6.45) is 34.0. The van der Waals surface area contributed by atoms with Crippen molar-refractivity contribution in [2.45, 2.75) is 77.0 Å². The van der Waals surface area contributed by atoms with Crippen molar-refractivity contribution in [3.63, 3.8) is 0 Å². The number of allylic oxidation sites excluding steroid dienone is 8. The summed E-state index contributed by atoms with van der Waals surface area (Å²) < 4.78 is 0. The molecule has 0 heteroatoms. The zero-order valence-corrected chi connectivity index (χ0v) is 13.1. The van der Waals surface area contributed by atoms with Gasteiger partial charge in [-0.05, 0) is 51.4 Å². The molecule has 0 aromatic heterocycles. The Labute approximate surface area is 126 Å². The largest absolute Gasteiger partial charge is 0.0845 e. The lowest BCUT2D eigenvalue weighted by Crippen LogP contribution is -1.77. The van der Waals surface area contributed by atoms with Crippen molar-refractivity contribution in [1.29, 1.82) is 0 Å². The lowest BCUT2D eigenvalue weighted by Gasteiger charge is -1.97. The first-order valence-electron chi connectivity index (χ1n) is 8.63. The monoisotopic (exact) mass is 272 g/mol. The van der Waals surface area contributed by atoms with Gasteiger partial charge < -0.3 is 0 Å². The number of hydrogen-bond donors (Lipinski definition) is 0. The highest BCUT2D eigenvalue weighted by Gasteiger charge is 1.88. The topological polar surface area (TPSA) is 0 Å². The van der Waals surface area contributed by atoms with Crippen LogP contribution in [0.15, 0.2) is 48.6 Å². The summed E-state index contributed by atoms with van der Waals surface area (Å²) in [4.78, 5) is 0. The number of rotatable bonds is 0. The van der Waals surface area contributed by atoms with Crippen LogP contribution >= 0.6 is 0 Å². The third-order valence-electron chi connectivity index (χ3n) is 3.75. The molecule has 0 bridgehead atoms. The Kier molecular flexibility index (Phi) is 12.2. The summed E-state index contributed by atoms with van der Waals surface area (Å²) >= 11 is 0. The summed E-state index contributed by atoms with van der Waals surface area (Å²) in [5.74, 6) is 0. The van der Waals surface area contributed by atoms with Crippen LogP contribution in [0.5, 0.6) is 0 Å². The van der Waals surface area contributed by atoms with E-state index in [1.54, 1.807) is 0 Å². The van der Waals surface area contributed by atoms with E-state index in [4.69, 9.17) is 0 Å². The fourth-order valence-corrected chi connectivity index (χ4v) is 2.46. The van der Waals surface area contributed by atoms with Gasteiger partial charge >= 0.3 is 0 Å². The van der Waals surface area contributed by atoms with Crippen molar-refractivity contribution < 1.29 is 0 Å². The fraction of sp³-hybridized carbons (Fsp3) is 0.600. The minimum atomic E-state index is 1.24. The van der Waals surface area contributed by atoms with Gasteiger partial charge in [-0.1, -0.05) is 74.3 Å². The van der Waals surface area contributed by atoms with Crippen molar-refractivity contribution in [3.8, 4) is 0 Å². The molecular formula is C20H32. The molecule has 0 unspecified atom stereocenters. The highest BCUT2D eigenvalue weighted by atomic mass is 13.9. The van der Waals surface area contributed by atoms with Crippen LogP contribution in [0.4, 0.5) is 0 Å². The summed E-state index contributed by atoms with van der Waals surface area (Å²) in [5, 5.41) is 0. The smallest absolute Gasteiger partial charge is 0.0348 e. The molecule has 112 valence electrons. The summed E-state index contributed by atoms with van der Waals surface area (Å²) in [6, 6.07) is 0. The molecule has 1 aliphatic carbocycles. The summed E-state index contributed by atoms with van der Waals surface area (Å²) in [6.45, 7) is 0. The normalized spacial score (nSPS) is 27.2. The van der Waals surface area contributed by atoms with Crippen molar-refractivity contribution in [2.75, 3.05) is 0 Å². The van der Waals surface area contributed by atoms with Gasteiger partial charge in [-0.25, -0.2) is 0 Å². The minimum Gasteiger partial charge on any atom is -0.0845 e. The molecule has 0 fully saturated rings. The van der Waals surface area contributed by atoms with E-state index in [0.717, 1.165) is 0 Å². The van der Waals surface area contributed by atoms with Gasteiger partial charge in [-0.2, -0.15) is 0 Å². The van der Waals surface area contributed by atoms with Gasteiger partial charge in [-0.15, -0.1) is 0 Å². The molecule has 0 saturated heterocycles. The lowest BCUT2D eigenvalue weighted by molar-refractivity contribution is 0.651. The first kappa shape index (κ1) is 17.0. The predicted octanol–water partition coefficient (Wildman–Crippen LogP) is 6.91. The van der Waals surface area contributed by atoms with E-state index in [1.807, 2.05) is 0 Å². The van der Waals surface area contributed by atoms with Crippen LogP contribution in [0.1, 0.15) is 77.0 Å². The van der Waals surface area contributed by atoms with Crippen molar-refractivity contribution in [3.05, 3.63) is 48.6 Å². The highest BCUT2D eigenvalue weighted by molar-refractivity contribution is 5.03. The third kappa shape index (κ3) is 12.0. The molecule has 0 heterocycles. The molecular weight excluding hydrogens is 240 g/mol. The first-order chi connectivity index (χ1) is 10.0. The molecule has 1 aliphatic rings. The Morgan fingerprint density at radius 1 is 0.300 bits per heavy atom. The molecule has 0 nitrogen and oxygen atoms in total. The van der Waals surface area contributed by atoms with Gasteiger partial charge in [0, 0.05) is 0 Å². The van der Waals surface area contributed by atoms with E-state index in [2.05, 4.69) is 48.6 Å². The SMILES string of the molecule is C1=C\CCCCCC/C=C\C=C\CCCCCC/C=C/1. The maximum atomic E-state index is 2.32. The van der Waals surface area contributed by atoms with E-state index in [-0.39, 0.29) is 0 Å². The molecule has 0 radical (unpaired) electrons. The van der Waals surface area contributed by atoms with Gasteiger partial charge in [0.15, 0.2) is 0 Å². The van der Waals surface area contributed by atoms with Crippen molar-refractivity contribution in [2.24, 2.45) is 0 Å². The standard InChI is InChI=1S/C20H32/c1-2-4-6-8-10-12-14-16-18-20-19-17-15-13-11-9-7-5-3-1/h1-4,17-20H,5-16H2/b3-1-,4-2+,19-17-,20-18+. The maximum Gasteiger partial charge on any atom is -0.0348 e. The molecule has 20 heavy (non-hydrogen) atoms. The highest BCUT2D eigenvalue weighted by Crippen LogP contribution is 2.08. The Hall–Kier alpha value is -1.04. The number of hydrogen-bond acceptors (Lipinski definition) is 0. The van der Waals surface area contributed by atoms with Crippen LogP contribution in [-0.2, 0) is 0 Å². The molecule has 0 aromatic rings. The van der Waals surface area contributed by atoms with Crippen LogP contribution < -0.4 is 0 Å². The Morgan fingerprint density at radius 2 is 0.550 bits per heavy atom. The molecule has 1 rings (SSSR count). The van der Waals surface area contributed by atoms with E-state index < -0.39 is 0 Å². The predicted molar refractivity (Wildman–Crippen MR) is 92.0 cm³/mol. The molecule has 0 aliphatic heterocycles. The van der Waals surface area contributed by atoms with Gasteiger partial charge in [0.25, 0.3) is 0 Å². The van der Waals surface area contributed by atoms with Crippen molar-refractivity contribution in [1.82, 2.24) is 0 Å². The van der Waals surface area contributed by atoms with E-state index in [1.165, 1.54) is 77.0 Å². The Balaban J connectivity index is 2.22. The third-order valence-corrected chi connectivity index (χ3v) is 3.75. The molecule has 0 saturated carbocycles. The molecule has 0 aromatic carbocycles. The van der Waals surface area contributed by atoms with Gasteiger partial charge in [0.2, 0.25) is 0 Å². The zero-order valence-electron chi connectivity index (χ0n) is 13.1. The van der Waals surface area contributed by atoms with Gasteiger partial charge in [0.1, 0.15) is 0 Å². The van der Waals surface area contributed by atoms with E-state index in [0.29, 0.717) is 0 Å². The minimum absolute atomic E-state index is 1.24. The summed E-state index contributed by atoms with van der Waals surface area (Å²) in [5.41, 5.74) is 0. The van der Waals surface area contributed by atoms with Crippen LogP contribution in [0.25, 0.3) is 0 Å². The van der Waals surface area contributed by atoms with Crippen molar-refractivity contribution >= 4 is 0 Å². The molecule has 0 N–H and O–H groups in total. The fourth-order valence-electron chi connectivity index (χ4n) is 2.46. The van der Waals surface area contributed by atoms with Crippen LogP contribution in [-0.4, -0.2) is 0 Å². The molecule has 0 atom stereocenters. The van der Waals surface area contributed by atoms with Gasteiger partial charge in [0.05, 0.1) is 0 Å². The second-order valence-electron chi connectivity index (χ2n) is 5.70. The second-order valence-corrected chi connectivity index (χ2v) is 5.70. The second kappa shape index (κ2) is 14.4. The lowest BCUT2D eigenvalue weighted by atomic mass is 10.1. The van der Waals surface area contributed by atoms with Crippen LogP contribution in [0, 0.1) is 0 Å². The molecule has 0 spiro atoms. The summed E-state index contributed by atoms with van der Waals surface area (Å²) in [7, 11) is 0. The van der Waals surface area contributed by atoms with Crippen LogP contribution in [0.3, 0.4) is 0 Å².